The molecule has 0 saturated heterocycles. The molecule has 0 unspecified atom stereocenters. The number of hydrogen-bond donors (Lipinski definition) is 2. The van der Waals surface area contributed by atoms with Crippen LogP contribution >= 0.6 is 0 Å². The quantitative estimate of drug-likeness (QED) is 0.517. The third-order valence-electron chi connectivity index (χ3n) is 5.83. The highest BCUT2D eigenvalue weighted by molar-refractivity contribution is 6.06. The summed E-state index contributed by atoms with van der Waals surface area (Å²) in [4.78, 5) is 30.2. The molecule has 1 aliphatic rings. The molecule has 0 radical (unpaired) electrons. The third kappa shape index (κ3) is 4.42. The minimum atomic E-state index is -0.770. The summed E-state index contributed by atoms with van der Waals surface area (Å²) in [7, 11) is 4.35. The van der Waals surface area contributed by atoms with Gasteiger partial charge in [-0.15, -0.1) is 5.10 Å². The molecule has 0 saturated carbocycles. The Morgan fingerprint density at radius 3 is 2.46 bits per heavy atom. The van der Waals surface area contributed by atoms with E-state index in [1.54, 1.807) is 39.3 Å². The Kier molecular flexibility index (Phi) is 6.46. The Labute approximate surface area is 202 Å². The number of fused-ring (bicyclic) bond motifs is 1. The number of allylic oxidation sites excluding steroid dienone is 1. The Bertz CT molecular complexity index is 1340. The van der Waals surface area contributed by atoms with Crippen LogP contribution in [0.5, 0.6) is 11.5 Å². The average Bonchev–Trinajstić information content (AvgIpc) is 3.27. The van der Waals surface area contributed by atoms with Crippen LogP contribution in [0.1, 0.15) is 40.3 Å². The highest BCUT2D eigenvalue weighted by Crippen LogP contribution is 2.41. The fourth-order valence-corrected chi connectivity index (χ4v) is 4.11. The summed E-state index contributed by atoms with van der Waals surface area (Å²) in [6, 6.07) is 10.3. The minimum Gasteiger partial charge on any atom is -0.497 e. The van der Waals surface area contributed by atoms with Crippen LogP contribution in [-0.4, -0.2) is 48.0 Å². The lowest BCUT2D eigenvalue weighted by atomic mass is 9.94. The van der Waals surface area contributed by atoms with Crippen LogP contribution in [0, 0.1) is 13.8 Å². The second-order valence-corrected chi connectivity index (χ2v) is 8.14. The predicted molar refractivity (Wildman–Crippen MR) is 130 cm³/mol. The normalized spacial score (nSPS) is 14.6. The van der Waals surface area contributed by atoms with Crippen molar-refractivity contribution < 1.29 is 23.8 Å². The number of carbonyl (C=O) groups is 2. The topological polar surface area (TPSA) is 117 Å². The number of aryl methyl sites for hydroxylation is 2. The van der Waals surface area contributed by atoms with E-state index in [-0.39, 0.29) is 11.7 Å². The molecule has 0 fully saturated rings. The van der Waals surface area contributed by atoms with Crippen molar-refractivity contribution in [2.45, 2.75) is 26.8 Å². The summed E-state index contributed by atoms with van der Waals surface area (Å²) in [5.41, 5.74) is 4.27. The van der Waals surface area contributed by atoms with E-state index in [2.05, 4.69) is 20.7 Å². The monoisotopic (exact) mass is 477 g/mol. The number of amides is 1. The van der Waals surface area contributed by atoms with E-state index in [0.29, 0.717) is 40.0 Å². The standard InChI is InChI=1S/C25H27N5O5/c1-13-7-9-18(14(2)11-13)27-23(31)20-15(3)26-25-28-22(24(32)35-6)29-30(25)21(20)17-12-16(33-4)8-10-19(17)34-5/h7-12,21H,1-6H3,(H,27,31)(H,26,28,29)/t21-/m1/s1. The van der Waals surface area contributed by atoms with Crippen LogP contribution in [0.4, 0.5) is 11.6 Å². The molecule has 35 heavy (non-hydrogen) atoms. The Hall–Kier alpha value is -4.34. The third-order valence-corrected chi connectivity index (χ3v) is 5.83. The number of benzene rings is 2. The summed E-state index contributed by atoms with van der Waals surface area (Å²) in [6.07, 6.45) is 0. The molecule has 0 bridgehead atoms. The minimum absolute atomic E-state index is 0.134. The summed E-state index contributed by atoms with van der Waals surface area (Å²) in [5.74, 6) is 0.220. The molecule has 2 heterocycles. The fraction of sp³-hybridized carbons (Fsp3) is 0.280. The number of rotatable bonds is 6. The number of ether oxygens (including phenoxy) is 3. The largest absolute Gasteiger partial charge is 0.497 e. The first-order chi connectivity index (χ1) is 16.8. The van der Waals surface area contributed by atoms with Gasteiger partial charge in [0.2, 0.25) is 5.95 Å². The van der Waals surface area contributed by atoms with Crippen molar-refractivity contribution >= 4 is 23.5 Å². The smallest absolute Gasteiger partial charge is 0.378 e. The maximum atomic E-state index is 13.7. The van der Waals surface area contributed by atoms with E-state index in [1.165, 1.54) is 11.8 Å². The SMILES string of the molecule is COC(=O)c1nc2n(n1)[C@H](c1cc(OC)ccc1OC)C(C(=O)Nc1ccc(C)cc1C)=C(C)N2. The number of methoxy groups -OCH3 is 3. The molecule has 2 aromatic carbocycles. The van der Waals surface area contributed by atoms with Gasteiger partial charge in [0.15, 0.2) is 0 Å². The van der Waals surface area contributed by atoms with Crippen molar-refractivity contribution in [1.29, 1.82) is 0 Å². The van der Waals surface area contributed by atoms with Crippen LogP contribution < -0.4 is 20.1 Å². The number of hydrogen-bond acceptors (Lipinski definition) is 8. The fourth-order valence-electron chi connectivity index (χ4n) is 4.11. The first-order valence-electron chi connectivity index (χ1n) is 10.9. The highest BCUT2D eigenvalue weighted by Gasteiger charge is 2.37. The second kappa shape index (κ2) is 9.49. The zero-order valence-electron chi connectivity index (χ0n) is 20.4. The molecule has 0 aliphatic carbocycles. The number of carbonyl (C=O) groups excluding carboxylic acids is 2. The van der Waals surface area contributed by atoms with E-state index in [9.17, 15) is 9.59 Å². The van der Waals surface area contributed by atoms with Crippen LogP contribution in [-0.2, 0) is 9.53 Å². The van der Waals surface area contributed by atoms with Gasteiger partial charge in [-0.25, -0.2) is 9.48 Å². The molecule has 1 atom stereocenters. The van der Waals surface area contributed by atoms with E-state index in [4.69, 9.17) is 14.2 Å². The predicted octanol–water partition coefficient (Wildman–Crippen LogP) is 3.63. The van der Waals surface area contributed by atoms with E-state index in [1.807, 2.05) is 32.0 Å². The molecule has 0 spiro atoms. The zero-order valence-corrected chi connectivity index (χ0v) is 20.4. The van der Waals surface area contributed by atoms with Gasteiger partial charge in [-0.05, 0) is 50.6 Å². The molecular weight excluding hydrogens is 450 g/mol. The first kappa shape index (κ1) is 23.8. The number of anilines is 2. The van der Waals surface area contributed by atoms with Crippen LogP contribution in [0.3, 0.4) is 0 Å². The summed E-state index contributed by atoms with van der Waals surface area (Å²) < 4.78 is 17.3. The van der Waals surface area contributed by atoms with Crippen molar-refractivity contribution in [1.82, 2.24) is 14.8 Å². The van der Waals surface area contributed by atoms with Crippen molar-refractivity contribution in [2.24, 2.45) is 0 Å². The van der Waals surface area contributed by atoms with Crippen LogP contribution in [0.2, 0.25) is 0 Å². The van der Waals surface area contributed by atoms with Crippen molar-refractivity contribution in [3.63, 3.8) is 0 Å². The van der Waals surface area contributed by atoms with Gasteiger partial charge in [-0.1, -0.05) is 17.7 Å². The Balaban J connectivity index is 1.88. The van der Waals surface area contributed by atoms with E-state index < -0.39 is 12.0 Å². The number of esters is 1. The molecular formula is C25H27N5O5. The highest BCUT2D eigenvalue weighted by atomic mass is 16.5. The molecule has 182 valence electrons. The van der Waals surface area contributed by atoms with Crippen LogP contribution in [0.15, 0.2) is 47.7 Å². The molecule has 10 nitrogen and oxygen atoms in total. The van der Waals surface area contributed by atoms with Gasteiger partial charge in [-0.2, -0.15) is 4.98 Å². The van der Waals surface area contributed by atoms with E-state index in [0.717, 1.165) is 11.1 Å². The molecule has 4 rings (SSSR count). The molecule has 1 aliphatic heterocycles. The summed E-state index contributed by atoms with van der Waals surface area (Å²) in [5, 5.41) is 10.5. The number of aromatic nitrogens is 3. The lowest BCUT2D eigenvalue weighted by molar-refractivity contribution is -0.113. The van der Waals surface area contributed by atoms with Gasteiger partial charge >= 0.3 is 5.97 Å². The van der Waals surface area contributed by atoms with Gasteiger partial charge in [-0.3, -0.25) is 4.79 Å². The Morgan fingerprint density at radius 2 is 1.80 bits per heavy atom. The van der Waals surface area contributed by atoms with Gasteiger partial charge in [0, 0.05) is 16.9 Å². The second-order valence-electron chi connectivity index (χ2n) is 8.14. The maximum absolute atomic E-state index is 13.7. The summed E-state index contributed by atoms with van der Waals surface area (Å²) in [6.45, 7) is 5.70. The van der Waals surface area contributed by atoms with Crippen LogP contribution in [0.25, 0.3) is 0 Å². The van der Waals surface area contributed by atoms with E-state index >= 15 is 0 Å². The zero-order chi connectivity index (χ0) is 25.3. The maximum Gasteiger partial charge on any atom is 0.378 e. The van der Waals surface area contributed by atoms with Crippen molar-refractivity contribution in [2.75, 3.05) is 32.0 Å². The summed E-state index contributed by atoms with van der Waals surface area (Å²) >= 11 is 0. The number of nitrogens with zero attached hydrogens (tertiary/aromatic N) is 3. The first-order valence-corrected chi connectivity index (χ1v) is 10.9. The van der Waals surface area contributed by atoms with Gasteiger partial charge in [0.05, 0.1) is 26.9 Å². The van der Waals surface area contributed by atoms with Crippen molar-refractivity contribution in [3.05, 3.63) is 70.2 Å². The van der Waals surface area contributed by atoms with Gasteiger partial charge in [0.1, 0.15) is 17.5 Å². The lowest BCUT2D eigenvalue weighted by Gasteiger charge is -2.29. The van der Waals surface area contributed by atoms with Gasteiger partial charge in [0.25, 0.3) is 11.7 Å². The molecule has 1 amide bonds. The Morgan fingerprint density at radius 1 is 1.03 bits per heavy atom. The molecule has 1 aromatic heterocycles. The molecule has 3 aromatic rings. The lowest BCUT2D eigenvalue weighted by Crippen LogP contribution is -2.32. The van der Waals surface area contributed by atoms with Gasteiger partial charge < -0.3 is 24.8 Å². The molecule has 10 heteroatoms. The van der Waals surface area contributed by atoms with Crippen molar-refractivity contribution in [3.8, 4) is 11.5 Å². The number of nitrogens with one attached hydrogen (secondary N) is 2. The molecule has 2 N–H and O–H groups in total. The average molecular weight is 478 g/mol.